The molecule has 0 aliphatic heterocycles. The minimum absolute atomic E-state index is 0. The van der Waals surface area contributed by atoms with Gasteiger partial charge in [-0.3, -0.25) is 4.99 Å². The number of benzene rings is 1. The van der Waals surface area contributed by atoms with Crippen LogP contribution in [0.5, 0.6) is 0 Å². The van der Waals surface area contributed by atoms with Crippen LogP contribution in [0.15, 0.2) is 29.3 Å². The van der Waals surface area contributed by atoms with Crippen LogP contribution in [0.4, 0.5) is 4.39 Å². The number of aliphatic hydroxyl groups is 1. The lowest BCUT2D eigenvalue weighted by Crippen LogP contribution is -2.38. The van der Waals surface area contributed by atoms with E-state index in [-0.39, 0.29) is 36.1 Å². The van der Waals surface area contributed by atoms with Gasteiger partial charge in [0.1, 0.15) is 11.9 Å². The van der Waals surface area contributed by atoms with Crippen LogP contribution in [-0.2, 0) is 0 Å². The third-order valence-electron chi connectivity index (χ3n) is 3.29. The van der Waals surface area contributed by atoms with Gasteiger partial charge in [0.25, 0.3) is 0 Å². The minimum Gasteiger partial charge on any atom is -0.386 e. The van der Waals surface area contributed by atoms with Gasteiger partial charge < -0.3 is 15.7 Å². The van der Waals surface area contributed by atoms with Crippen LogP contribution in [0.1, 0.15) is 31.4 Å². The van der Waals surface area contributed by atoms with Gasteiger partial charge in [0.15, 0.2) is 5.96 Å². The van der Waals surface area contributed by atoms with E-state index in [1.165, 1.54) is 18.9 Å². The van der Waals surface area contributed by atoms with Crippen LogP contribution >= 0.6 is 24.0 Å². The smallest absolute Gasteiger partial charge is 0.191 e. The predicted octanol–water partition coefficient (Wildman–Crippen LogP) is 2.44. The minimum atomic E-state index is -0.924. The second kappa shape index (κ2) is 9.19. The topological polar surface area (TPSA) is 56.7 Å². The molecule has 1 unspecified atom stereocenters. The molecule has 2 rings (SSSR count). The number of aliphatic hydroxyl groups excluding tert-OH is 1. The van der Waals surface area contributed by atoms with Crippen LogP contribution in [0.3, 0.4) is 0 Å². The van der Waals surface area contributed by atoms with Crippen LogP contribution in [0.25, 0.3) is 0 Å². The van der Waals surface area contributed by atoms with E-state index in [4.69, 9.17) is 0 Å². The highest BCUT2D eigenvalue weighted by Gasteiger charge is 2.21. The number of guanidine groups is 1. The predicted molar refractivity (Wildman–Crippen MR) is 93.5 cm³/mol. The van der Waals surface area contributed by atoms with Crippen molar-refractivity contribution in [3.63, 3.8) is 0 Å². The van der Waals surface area contributed by atoms with E-state index in [0.29, 0.717) is 5.96 Å². The summed E-state index contributed by atoms with van der Waals surface area (Å²) in [6.07, 6.45) is 1.61. The quantitative estimate of drug-likeness (QED) is 0.386. The summed E-state index contributed by atoms with van der Waals surface area (Å²) in [4.78, 5) is 4.31. The molecule has 1 saturated carbocycles. The van der Waals surface area contributed by atoms with Crippen molar-refractivity contribution >= 4 is 29.9 Å². The molecule has 4 nitrogen and oxygen atoms in total. The van der Waals surface area contributed by atoms with Gasteiger partial charge in [-0.2, -0.15) is 0 Å². The summed E-state index contributed by atoms with van der Waals surface area (Å²) in [5.41, 5.74) is 0.286. The molecule has 0 aromatic heterocycles. The Kier molecular flexibility index (Phi) is 7.95. The molecule has 1 aliphatic rings. The lowest BCUT2D eigenvalue weighted by molar-refractivity contribution is 0.182. The Morgan fingerprint density at radius 1 is 1.38 bits per heavy atom. The van der Waals surface area contributed by atoms with Gasteiger partial charge in [-0.05, 0) is 31.7 Å². The van der Waals surface area contributed by atoms with E-state index in [1.54, 1.807) is 18.2 Å². The fourth-order valence-corrected chi connectivity index (χ4v) is 1.93. The van der Waals surface area contributed by atoms with Crippen molar-refractivity contribution in [2.24, 2.45) is 10.9 Å². The van der Waals surface area contributed by atoms with Gasteiger partial charge in [0.2, 0.25) is 0 Å². The number of nitrogens with zero attached hydrogens (tertiary/aromatic N) is 1. The van der Waals surface area contributed by atoms with Gasteiger partial charge in [-0.1, -0.05) is 18.2 Å². The summed E-state index contributed by atoms with van der Waals surface area (Å²) in [6, 6.07) is 6.25. The Hall–Kier alpha value is -0.890. The molecule has 0 heterocycles. The summed E-state index contributed by atoms with van der Waals surface area (Å²) in [5.74, 6) is 1.02. The van der Waals surface area contributed by atoms with Crippen LogP contribution < -0.4 is 10.6 Å². The molecule has 1 aromatic carbocycles. The Morgan fingerprint density at radius 2 is 2.10 bits per heavy atom. The van der Waals surface area contributed by atoms with E-state index in [1.807, 2.05) is 6.92 Å². The summed E-state index contributed by atoms with van der Waals surface area (Å²) >= 11 is 0. The maximum Gasteiger partial charge on any atom is 0.191 e. The first-order chi connectivity index (χ1) is 9.70. The van der Waals surface area contributed by atoms with Crippen LogP contribution in [0, 0.1) is 11.7 Å². The van der Waals surface area contributed by atoms with Crippen LogP contribution in [-0.4, -0.2) is 30.7 Å². The second-order valence-corrected chi connectivity index (χ2v) is 5.08. The van der Waals surface area contributed by atoms with Gasteiger partial charge in [-0.25, -0.2) is 4.39 Å². The summed E-state index contributed by atoms with van der Waals surface area (Å²) in [5, 5.41) is 16.4. The first-order valence-corrected chi connectivity index (χ1v) is 7.15. The number of nitrogens with one attached hydrogen (secondary N) is 2. The van der Waals surface area contributed by atoms with Gasteiger partial charge in [0.05, 0.1) is 6.54 Å². The molecule has 0 amide bonds. The summed E-state index contributed by atoms with van der Waals surface area (Å²) in [7, 11) is 0. The van der Waals surface area contributed by atoms with E-state index in [9.17, 15) is 9.50 Å². The van der Waals surface area contributed by atoms with Crippen molar-refractivity contribution in [2.45, 2.75) is 25.9 Å². The average Bonchev–Trinajstić information content (AvgIpc) is 3.26. The summed E-state index contributed by atoms with van der Waals surface area (Å²) in [6.45, 7) is 3.79. The molecular formula is C15H23FIN3O. The first kappa shape index (κ1) is 18.2. The Balaban J connectivity index is 0.00000220. The van der Waals surface area contributed by atoms with Crippen LogP contribution in [0.2, 0.25) is 0 Å². The fourth-order valence-electron chi connectivity index (χ4n) is 1.93. The van der Waals surface area contributed by atoms with Crippen molar-refractivity contribution in [1.82, 2.24) is 10.6 Å². The maximum absolute atomic E-state index is 13.5. The lowest BCUT2D eigenvalue weighted by atomic mass is 10.1. The molecular weight excluding hydrogens is 384 g/mol. The van der Waals surface area contributed by atoms with E-state index in [0.717, 1.165) is 19.0 Å². The molecule has 0 saturated heterocycles. The highest BCUT2D eigenvalue weighted by molar-refractivity contribution is 14.0. The molecule has 0 radical (unpaired) electrons. The highest BCUT2D eigenvalue weighted by atomic mass is 127. The number of rotatable bonds is 6. The van der Waals surface area contributed by atoms with Crippen molar-refractivity contribution in [1.29, 1.82) is 0 Å². The largest absolute Gasteiger partial charge is 0.386 e. The summed E-state index contributed by atoms with van der Waals surface area (Å²) < 4.78 is 13.5. The molecule has 0 spiro atoms. The van der Waals surface area contributed by atoms with Crippen molar-refractivity contribution < 1.29 is 9.50 Å². The van der Waals surface area contributed by atoms with E-state index >= 15 is 0 Å². The van der Waals surface area contributed by atoms with Gasteiger partial charge in [-0.15, -0.1) is 24.0 Å². The van der Waals surface area contributed by atoms with Gasteiger partial charge in [0, 0.05) is 18.7 Å². The fraction of sp³-hybridized carbons (Fsp3) is 0.533. The van der Waals surface area contributed by atoms with Gasteiger partial charge >= 0.3 is 0 Å². The molecule has 1 aliphatic carbocycles. The number of halogens is 2. The molecule has 21 heavy (non-hydrogen) atoms. The molecule has 118 valence electrons. The average molecular weight is 407 g/mol. The molecule has 1 aromatic rings. The third-order valence-corrected chi connectivity index (χ3v) is 3.29. The Labute approximate surface area is 142 Å². The zero-order valence-electron chi connectivity index (χ0n) is 12.2. The molecule has 3 N–H and O–H groups in total. The zero-order chi connectivity index (χ0) is 14.4. The molecule has 1 fully saturated rings. The third kappa shape index (κ3) is 6.17. The molecule has 0 bridgehead atoms. The Bertz CT molecular complexity index is 466. The van der Waals surface area contributed by atoms with Crippen molar-refractivity contribution in [2.75, 3.05) is 19.6 Å². The second-order valence-electron chi connectivity index (χ2n) is 5.08. The normalized spacial score (nSPS) is 16.0. The van der Waals surface area contributed by atoms with Crippen molar-refractivity contribution in [3.05, 3.63) is 35.6 Å². The van der Waals surface area contributed by atoms with Crippen molar-refractivity contribution in [3.8, 4) is 0 Å². The number of hydrogen-bond donors (Lipinski definition) is 3. The standard InChI is InChI=1S/C15H22FN3O.HI/c1-2-17-15(18-9-11-7-8-11)19-10-14(20)12-5-3-4-6-13(12)16;/h3-6,11,14,20H,2,7-10H2,1H3,(H2,17,18,19);1H. The highest BCUT2D eigenvalue weighted by Crippen LogP contribution is 2.27. The van der Waals surface area contributed by atoms with E-state index < -0.39 is 11.9 Å². The number of hydrogen-bond acceptors (Lipinski definition) is 2. The monoisotopic (exact) mass is 407 g/mol. The lowest BCUT2D eigenvalue weighted by Gasteiger charge is -2.13. The van der Waals surface area contributed by atoms with E-state index in [2.05, 4.69) is 15.6 Å². The SMILES string of the molecule is CCNC(=NCC(O)c1ccccc1F)NCC1CC1.I. The zero-order valence-corrected chi connectivity index (χ0v) is 14.5. The Morgan fingerprint density at radius 3 is 2.71 bits per heavy atom. The number of aliphatic imine (C=N–C) groups is 1. The maximum atomic E-state index is 13.5. The molecule has 6 heteroatoms. The molecule has 1 atom stereocenters. The first-order valence-electron chi connectivity index (χ1n) is 7.15.